The molecule has 1 heterocycles. The monoisotopic (exact) mass is 227 g/mol. The Morgan fingerprint density at radius 3 is 2.80 bits per heavy atom. The second-order valence-corrected chi connectivity index (χ2v) is 4.22. The van der Waals surface area contributed by atoms with Crippen LogP contribution >= 0.6 is 0 Å². The number of methoxy groups -OCH3 is 1. The summed E-state index contributed by atoms with van der Waals surface area (Å²) in [5, 5.41) is 0. The standard InChI is InChI=1S/C9H9NO4S/c1-13-8-4-2-3-7(5-8)9-6-14-15(11,12)10-9/h2-6,10H,1H3. The highest BCUT2D eigenvalue weighted by molar-refractivity contribution is 7.85. The van der Waals surface area contributed by atoms with Gasteiger partial charge < -0.3 is 8.92 Å². The molecule has 0 atom stereocenters. The molecule has 0 saturated carbocycles. The average molecular weight is 227 g/mol. The normalized spacial score (nSPS) is 17.5. The van der Waals surface area contributed by atoms with E-state index in [0.29, 0.717) is 17.0 Å². The Balaban J connectivity index is 2.32. The van der Waals surface area contributed by atoms with E-state index in [-0.39, 0.29) is 0 Å². The minimum atomic E-state index is -3.65. The molecule has 0 aromatic heterocycles. The molecule has 0 bridgehead atoms. The molecule has 0 fully saturated rings. The molecule has 1 N–H and O–H groups in total. The maximum absolute atomic E-state index is 11.0. The van der Waals surface area contributed by atoms with Crippen molar-refractivity contribution in [3.63, 3.8) is 0 Å². The molecule has 0 aliphatic carbocycles. The minimum Gasteiger partial charge on any atom is -0.497 e. The van der Waals surface area contributed by atoms with E-state index in [1.807, 2.05) is 0 Å². The van der Waals surface area contributed by atoms with Gasteiger partial charge in [-0.25, -0.2) is 4.72 Å². The van der Waals surface area contributed by atoms with Gasteiger partial charge in [-0.3, -0.25) is 0 Å². The summed E-state index contributed by atoms with van der Waals surface area (Å²) in [6.45, 7) is 0. The van der Waals surface area contributed by atoms with Crippen LogP contribution in [-0.2, 0) is 14.5 Å². The second-order valence-electron chi connectivity index (χ2n) is 2.92. The zero-order valence-electron chi connectivity index (χ0n) is 7.93. The van der Waals surface area contributed by atoms with Crippen LogP contribution in [0, 0.1) is 0 Å². The predicted octanol–water partition coefficient (Wildman–Crippen LogP) is 0.858. The lowest BCUT2D eigenvalue weighted by Gasteiger charge is -2.03. The first-order chi connectivity index (χ1) is 7.11. The molecule has 6 heteroatoms. The van der Waals surface area contributed by atoms with Crippen LogP contribution in [0.1, 0.15) is 5.56 Å². The van der Waals surface area contributed by atoms with Gasteiger partial charge in [0.1, 0.15) is 12.0 Å². The SMILES string of the molecule is COc1cccc(C2=COS(=O)(=O)N2)c1. The summed E-state index contributed by atoms with van der Waals surface area (Å²) in [6.07, 6.45) is 1.16. The number of nitrogens with one attached hydrogen (secondary N) is 1. The highest BCUT2D eigenvalue weighted by Gasteiger charge is 2.20. The number of ether oxygens (including phenoxy) is 1. The predicted molar refractivity (Wildman–Crippen MR) is 54.1 cm³/mol. The fourth-order valence-corrected chi connectivity index (χ4v) is 1.92. The van der Waals surface area contributed by atoms with Crippen molar-refractivity contribution in [2.45, 2.75) is 0 Å². The van der Waals surface area contributed by atoms with E-state index in [0.717, 1.165) is 6.26 Å². The third kappa shape index (κ3) is 2.04. The molecule has 1 aliphatic rings. The van der Waals surface area contributed by atoms with Gasteiger partial charge >= 0.3 is 10.3 Å². The summed E-state index contributed by atoms with van der Waals surface area (Å²) < 4.78 is 33.6. The van der Waals surface area contributed by atoms with Crippen LogP contribution in [0.4, 0.5) is 0 Å². The highest BCUT2D eigenvalue weighted by atomic mass is 32.2. The van der Waals surface area contributed by atoms with Gasteiger partial charge in [0.15, 0.2) is 0 Å². The van der Waals surface area contributed by atoms with Gasteiger partial charge in [0.2, 0.25) is 0 Å². The van der Waals surface area contributed by atoms with Crippen molar-refractivity contribution in [2.75, 3.05) is 7.11 Å². The quantitative estimate of drug-likeness (QED) is 0.813. The third-order valence-electron chi connectivity index (χ3n) is 1.91. The zero-order valence-corrected chi connectivity index (χ0v) is 8.74. The topological polar surface area (TPSA) is 64.6 Å². The van der Waals surface area contributed by atoms with Crippen molar-refractivity contribution in [3.05, 3.63) is 36.1 Å². The zero-order chi connectivity index (χ0) is 10.9. The molecule has 80 valence electrons. The van der Waals surface area contributed by atoms with Crippen molar-refractivity contribution in [1.29, 1.82) is 0 Å². The van der Waals surface area contributed by atoms with E-state index >= 15 is 0 Å². The first-order valence-corrected chi connectivity index (χ1v) is 5.57. The third-order valence-corrected chi connectivity index (χ3v) is 2.73. The van der Waals surface area contributed by atoms with Crippen molar-refractivity contribution < 1.29 is 17.3 Å². The molecular weight excluding hydrogens is 218 g/mol. The molecule has 0 spiro atoms. The minimum absolute atomic E-state index is 0.397. The van der Waals surface area contributed by atoms with Crippen molar-refractivity contribution >= 4 is 16.0 Å². The molecule has 1 aromatic carbocycles. The van der Waals surface area contributed by atoms with Crippen molar-refractivity contribution in [2.24, 2.45) is 0 Å². The Labute approximate surface area is 87.6 Å². The molecule has 5 nitrogen and oxygen atoms in total. The molecule has 0 amide bonds. The van der Waals surface area contributed by atoms with Crippen molar-refractivity contribution in [3.8, 4) is 5.75 Å². The Morgan fingerprint density at radius 2 is 2.20 bits per heavy atom. The summed E-state index contributed by atoms with van der Waals surface area (Å²) in [5.74, 6) is 0.652. The first kappa shape index (κ1) is 9.85. The van der Waals surface area contributed by atoms with E-state index in [9.17, 15) is 8.42 Å². The molecule has 15 heavy (non-hydrogen) atoms. The first-order valence-electron chi connectivity index (χ1n) is 4.16. The van der Waals surface area contributed by atoms with Crippen LogP contribution in [-0.4, -0.2) is 15.5 Å². The van der Waals surface area contributed by atoms with Crippen LogP contribution in [0.25, 0.3) is 5.70 Å². The molecular formula is C9H9NO4S. The molecule has 1 aliphatic heterocycles. The summed E-state index contributed by atoms with van der Waals surface area (Å²) in [5.41, 5.74) is 1.09. The summed E-state index contributed by atoms with van der Waals surface area (Å²) in [4.78, 5) is 0. The lowest BCUT2D eigenvalue weighted by Crippen LogP contribution is -2.16. The van der Waals surface area contributed by atoms with Gasteiger partial charge in [0, 0.05) is 5.56 Å². The maximum atomic E-state index is 11.0. The summed E-state index contributed by atoms with van der Waals surface area (Å²) in [7, 11) is -2.10. The number of benzene rings is 1. The Hall–Kier alpha value is -1.69. The largest absolute Gasteiger partial charge is 0.497 e. The van der Waals surface area contributed by atoms with E-state index < -0.39 is 10.3 Å². The average Bonchev–Trinajstić information content (AvgIpc) is 2.59. The molecule has 0 radical (unpaired) electrons. The fraction of sp³-hybridized carbons (Fsp3) is 0.111. The van der Waals surface area contributed by atoms with Crippen LogP contribution in [0.5, 0.6) is 5.75 Å². The van der Waals surface area contributed by atoms with E-state index in [1.54, 1.807) is 31.4 Å². The van der Waals surface area contributed by atoms with E-state index in [2.05, 4.69) is 8.91 Å². The van der Waals surface area contributed by atoms with Gasteiger partial charge in [0.05, 0.1) is 12.8 Å². The highest BCUT2D eigenvalue weighted by Crippen LogP contribution is 2.22. The Morgan fingerprint density at radius 1 is 1.40 bits per heavy atom. The number of hydrogen-bond acceptors (Lipinski definition) is 4. The lowest BCUT2D eigenvalue weighted by atomic mass is 10.2. The van der Waals surface area contributed by atoms with Crippen LogP contribution in [0.3, 0.4) is 0 Å². The Kier molecular flexibility index (Phi) is 2.28. The van der Waals surface area contributed by atoms with Crippen LogP contribution in [0.15, 0.2) is 30.5 Å². The second kappa shape index (κ2) is 3.47. The summed E-state index contributed by atoms with van der Waals surface area (Å²) in [6, 6.07) is 7.00. The fourth-order valence-electron chi connectivity index (χ4n) is 1.21. The lowest BCUT2D eigenvalue weighted by molar-refractivity contribution is 0.414. The van der Waals surface area contributed by atoms with E-state index in [4.69, 9.17) is 4.74 Å². The van der Waals surface area contributed by atoms with Gasteiger partial charge in [0.25, 0.3) is 0 Å². The van der Waals surface area contributed by atoms with Gasteiger partial charge in [-0.05, 0) is 12.1 Å². The maximum Gasteiger partial charge on any atom is 0.407 e. The Bertz CT molecular complexity index is 507. The molecule has 2 rings (SSSR count). The van der Waals surface area contributed by atoms with Gasteiger partial charge in [-0.15, -0.1) is 0 Å². The number of hydrogen-bond donors (Lipinski definition) is 1. The summed E-state index contributed by atoms with van der Waals surface area (Å²) >= 11 is 0. The number of rotatable bonds is 2. The van der Waals surface area contributed by atoms with Crippen LogP contribution in [0.2, 0.25) is 0 Å². The van der Waals surface area contributed by atoms with Gasteiger partial charge in [-0.2, -0.15) is 8.42 Å². The molecule has 0 saturated heterocycles. The van der Waals surface area contributed by atoms with E-state index in [1.165, 1.54) is 0 Å². The van der Waals surface area contributed by atoms with Crippen LogP contribution < -0.4 is 9.46 Å². The smallest absolute Gasteiger partial charge is 0.407 e. The van der Waals surface area contributed by atoms with Gasteiger partial charge in [-0.1, -0.05) is 12.1 Å². The van der Waals surface area contributed by atoms with Crippen molar-refractivity contribution in [1.82, 2.24) is 4.72 Å². The molecule has 0 unspecified atom stereocenters. The molecule has 1 aromatic rings.